The predicted octanol–water partition coefficient (Wildman–Crippen LogP) is 6.91. The maximum atomic E-state index is 10.7. The summed E-state index contributed by atoms with van der Waals surface area (Å²) in [5, 5.41) is 12.5. The van der Waals surface area contributed by atoms with Crippen molar-refractivity contribution in [2.45, 2.75) is 64.5 Å². The second kappa shape index (κ2) is 10.9. The molecule has 0 saturated carbocycles. The van der Waals surface area contributed by atoms with Gasteiger partial charge in [0.05, 0.1) is 12.1 Å². The van der Waals surface area contributed by atoms with Crippen molar-refractivity contribution in [1.82, 2.24) is 0 Å². The number of aliphatic carboxylic acids is 1. The summed E-state index contributed by atoms with van der Waals surface area (Å²) in [6, 6.07) is 23.0. The number of carboxylic acid groups (broad SMARTS) is 1. The summed E-state index contributed by atoms with van der Waals surface area (Å²) < 4.78 is 12.0. The van der Waals surface area contributed by atoms with Crippen LogP contribution in [0.3, 0.4) is 0 Å². The summed E-state index contributed by atoms with van der Waals surface area (Å²) in [6.45, 7) is 7.59. The molecular formula is C30H35NO4. The summed E-state index contributed by atoms with van der Waals surface area (Å²) in [6.07, 6.45) is 2.86. The van der Waals surface area contributed by atoms with Crippen molar-refractivity contribution in [3.8, 4) is 11.5 Å². The molecule has 4 rings (SSSR count). The Bertz CT molecular complexity index is 1140. The van der Waals surface area contributed by atoms with Crippen LogP contribution in [-0.2, 0) is 23.4 Å². The minimum Gasteiger partial charge on any atom is -0.494 e. The van der Waals surface area contributed by atoms with Crippen molar-refractivity contribution < 1.29 is 19.4 Å². The van der Waals surface area contributed by atoms with Crippen molar-refractivity contribution in [2.75, 3.05) is 11.9 Å². The SMILES string of the molecule is CCCc1ccc(COc2cccc3c2C(C)C(C)(c2ccc(OCCCC(=O)O)cc2)N3)cc1. The van der Waals surface area contributed by atoms with Gasteiger partial charge >= 0.3 is 5.97 Å². The predicted molar refractivity (Wildman–Crippen MR) is 139 cm³/mol. The van der Waals surface area contributed by atoms with Crippen LogP contribution in [0.25, 0.3) is 0 Å². The third-order valence-electron chi connectivity index (χ3n) is 6.97. The van der Waals surface area contributed by atoms with Crippen LogP contribution in [0, 0.1) is 0 Å². The number of rotatable bonds is 11. The molecule has 1 aliphatic rings. The van der Waals surface area contributed by atoms with Crippen LogP contribution < -0.4 is 14.8 Å². The van der Waals surface area contributed by atoms with Crippen molar-refractivity contribution in [3.05, 3.63) is 89.0 Å². The van der Waals surface area contributed by atoms with Crippen LogP contribution in [0.4, 0.5) is 5.69 Å². The summed E-state index contributed by atoms with van der Waals surface area (Å²) in [5.41, 5.74) is 5.71. The first-order chi connectivity index (χ1) is 16.9. The zero-order chi connectivity index (χ0) is 24.8. The number of ether oxygens (including phenoxy) is 2. The van der Waals surface area contributed by atoms with Gasteiger partial charge in [-0.3, -0.25) is 4.79 Å². The Kier molecular flexibility index (Phi) is 7.64. The summed E-state index contributed by atoms with van der Waals surface area (Å²) in [7, 11) is 0. The quantitative estimate of drug-likeness (QED) is 0.296. The number of anilines is 1. The fourth-order valence-electron chi connectivity index (χ4n) is 4.79. The Hall–Kier alpha value is -3.47. The number of aryl methyl sites for hydroxylation is 1. The van der Waals surface area contributed by atoms with Crippen LogP contribution in [0.15, 0.2) is 66.7 Å². The first-order valence-corrected chi connectivity index (χ1v) is 12.5. The third kappa shape index (κ3) is 5.61. The molecule has 0 aromatic heterocycles. The first-order valence-electron chi connectivity index (χ1n) is 12.5. The molecule has 2 atom stereocenters. The highest BCUT2D eigenvalue weighted by molar-refractivity contribution is 5.68. The molecule has 0 fully saturated rings. The largest absolute Gasteiger partial charge is 0.494 e. The highest BCUT2D eigenvalue weighted by Gasteiger charge is 2.42. The van der Waals surface area contributed by atoms with E-state index in [1.165, 1.54) is 16.7 Å². The van der Waals surface area contributed by atoms with Crippen LogP contribution >= 0.6 is 0 Å². The summed E-state index contributed by atoms with van der Waals surface area (Å²) >= 11 is 0. The number of fused-ring (bicyclic) bond motifs is 1. The van der Waals surface area contributed by atoms with E-state index in [2.05, 4.69) is 74.6 Å². The van der Waals surface area contributed by atoms with E-state index >= 15 is 0 Å². The Balaban J connectivity index is 1.44. The van der Waals surface area contributed by atoms with E-state index < -0.39 is 5.97 Å². The molecule has 0 bridgehead atoms. The fraction of sp³-hybridized carbons (Fsp3) is 0.367. The van der Waals surface area contributed by atoms with Gasteiger partial charge in [0.25, 0.3) is 0 Å². The Morgan fingerprint density at radius 3 is 2.40 bits per heavy atom. The molecule has 2 N–H and O–H groups in total. The molecule has 0 spiro atoms. The van der Waals surface area contributed by atoms with Gasteiger partial charge < -0.3 is 19.9 Å². The monoisotopic (exact) mass is 473 g/mol. The van der Waals surface area contributed by atoms with Crippen LogP contribution in [0.5, 0.6) is 11.5 Å². The van der Waals surface area contributed by atoms with E-state index in [1.807, 2.05) is 18.2 Å². The highest BCUT2D eigenvalue weighted by Crippen LogP contribution is 2.51. The second-order valence-corrected chi connectivity index (χ2v) is 9.49. The van der Waals surface area contributed by atoms with Crippen molar-refractivity contribution in [2.24, 2.45) is 0 Å². The number of nitrogens with one attached hydrogen (secondary N) is 1. The van der Waals surface area contributed by atoms with Gasteiger partial charge in [0.1, 0.15) is 18.1 Å². The lowest BCUT2D eigenvalue weighted by Crippen LogP contribution is -2.31. The maximum absolute atomic E-state index is 10.7. The molecule has 0 radical (unpaired) electrons. The van der Waals surface area contributed by atoms with Gasteiger partial charge in [0.15, 0.2) is 0 Å². The standard InChI is InChI=1S/C30H35NO4/c1-4-7-22-11-13-23(14-12-22)20-35-27-9-5-8-26-29(27)21(2)30(3,31-26)24-15-17-25(18-16-24)34-19-6-10-28(32)33/h5,8-9,11-18,21,31H,4,6-7,10,19-20H2,1-3H3,(H,32,33). The molecule has 0 amide bonds. The molecule has 0 saturated heterocycles. The van der Waals surface area contributed by atoms with Crippen molar-refractivity contribution in [3.63, 3.8) is 0 Å². The number of carboxylic acids is 1. The molecule has 184 valence electrons. The minimum atomic E-state index is -0.800. The first kappa shape index (κ1) is 24.6. The lowest BCUT2D eigenvalue weighted by molar-refractivity contribution is -0.137. The van der Waals surface area contributed by atoms with Gasteiger partial charge in [-0.25, -0.2) is 0 Å². The lowest BCUT2D eigenvalue weighted by atomic mass is 9.80. The Morgan fingerprint density at radius 2 is 1.71 bits per heavy atom. The fourth-order valence-corrected chi connectivity index (χ4v) is 4.79. The van der Waals surface area contributed by atoms with Gasteiger partial charge in [0.2, 0.25) is 0 Å². The average molecular weight is 474 g/mol. The van der Waals surface area contributed by atoms with Crippen molar-refractivity contribution in [1.29, 1.82) is 0 Å². The molecule has 0 aliphatic carbocycles. The van der Waals surface area contributed by atoms with Crippen LogP contribution in [0.2, 0.25) is 0 Å². The highest BCUT2D eigenvalue weighted by atomic mass is 16.5. The van der Waals surface area contributed by atoms with Gasteiger partial charge in [-0.15, -0.1) is 0 Å². The van der Waals surface area contributed by atoms with Gasteiger partial charge in [-0.2, -0.15) is 0 Å². The van der Waals surface area contributed by atoms with E-state index in [0.717, 1.165) is 35.6 Å². The van der Waals surface area contributed by atoms with E-state index in [9.17, 15) is 4.79 Å². The van der Waals surface area contributed by atoms with Crippen LogP contribution in [0.1, 0.15) is 68.2 Å². The smallest absolute Gasteiger partial charge is 0.303 e. The van der Waals surface area contributed by atoms with Crippen molar-refractivity contribution >= 4 is 11.7 Å². The molecule has 5 heteroatoms. The summed E-state index contributed by atoms with van der Waals surface area (Å²) in [4.78, 5) is 10.7. The molecule has 3 aromatic carbocycles. The topological polar surface area (TPSA) is 67.8 Å². The third-order valence-corrected chi connectivity index (χ3v) is 6.97. The Morgan fingerprint density at radius 1 is 1.00 bits per heavy atom. The molecule has 5 nitrogen and oxygen atoms in total. The number of hydrogen-bond acceptors (Lipinski definition) is 4. The normalized spacial score (nSPS) is 18.5. The number of carbonyl (C=O) groups is 1. The molecular weight excluding hydrogens is 438 g/mol. The Labute approximate surface area is 208 Å². The van der Waals surface area contributed by atoms with E-state index in [-0.39, 0.29) is 17.9 Å². The zero-order valence-electron chi connectivity index (χ0n) is 20.8. The lowest BCUT2D eigenvalue weighted by Gasteiger charge is -2.31. The second-order valence-electron chi connectivity index (χ2n) is 9.49. The molecule has 35 heavy (non-hydrogen) atoms. The average Bonchev–Trinajstić information content (AvgIpc) is 3.13. The van der Waals surface area contributed by atoms with Gasteiger partial charge in [-0.05, 0) is 60.7 Å². The minimum absolute atomic E-state index is 0.115. The zero-order valence-corrected chi connectivity index (χ0v) is 20.8. The van der Waals surface area contributed by atoms with E-state index in [1.54, 1.807) is 0 Å². The van der Waals surface area contributed by atoms with E-state index in [4.69, 9.17) is 14.6 Å². The molecule has 3 aromatic rings. The number of hydrogen-bond donors (Lipinski definition) is 2. The molecule has 1 aliphatic heterocycles. The summed E-state index contributed by atoms with van der Waals surface area (Å²) in [5.74, 6) is 1.07. The number of benzene rings is 3. The van der Waals surface area contributed by atoms with Crippen LogP contribution in [-0.4, -0.2) is 17.7 Å². The van der Waals surface area contributed by atoms with Gasteiger partial charge in [0, 0.05) is 23.6 Å². The van der Waals surface area contributed by atoms with Gasteiger partial charge in [-0.1, -0.05) is 62.7 Å². The van der Waals surface area contributed by atoms with E-state index in [0.29, 0.717) is 19.6 Å². The maximum Gasteiger partial charge on any atom is 0.303 e. The molecule has 1 heterocycles. The molecule has 2 unspecified atom stereocenters.